The van der Waals surface area contributed by atoms with Gasteiger partial charge in [0.05, 0.1) is 15.8 Å². The molecular formula is C14H19BrO2S. The summed E-state index contributed by atoms with van der Waals surface area (Å²) >= 11 is 3.62. The second-order valence-electron chi connectivity index (χ2n) is 5.16. The largest absolute Gasteiger partial charge is 0.228 e. The molecule has 18 heavy (non-hydrogen) atoms. The summed E-state index contributed by atoms with van der Waals surface area (Å²) in [5.41, 5.74) is 3.48. The molecule has 1 fully saturated rings. The van der Waals surface area contributed by atoms with E-state index in [4.69, 9.17) is 0 Å². The van der Waals surface area contributed by atoms with Gasteiger partial charge in [-0.2, -0.15) is 0 Å². The van der Waals surface area contributed by atoms with Crippen molar-refractivity contribution in [2.24, 2.45) is 0 Å². The van der Waals surface area contributed by atoms with Gasteiger partial charge in [0.2, 0.25) is 0 Å². The van der Waals surface area contributed by atoms with Gasteiger partial charge < -0.3 is 0 Å². The van der Waals surface area contributed by atoms with Gasteiger partial charge in [0.1, 0.15) is 0 Å². The van der Waals surface area contributed by atoms with Crippen molar-refractivity contribution < 1.29 is 8.42 Å². The van der Waals surface area contributed by atoms with Crippen LogP contribution in [-0.4, -0.2) is 19.4 Å². The fourth-order valence-electron chi connectivity index (χ4n) is 2.64. The Morgan fingerprint density at radius 2 is 2.00 bits per heavy atom. The molecule has 1 aromatic rings. The van der Waals surface area contributed by atoms with Gasteiger partial charge in [-0.3, -0.25) is 0 Å². The van der Waals surface area contributed by atoms with E-state index in [1.165, 1.54) is 5.56 Å². The van der Waals surface area contributed by atoms with Gasteiger partial charge in [0.15, 0.2) is 9.84 Å². The molecule has 100 valence electrons. The molecule has 2 nitrogen and oxygen atoms in total. The van der Waals surface area contributed by atoms with Crippen LogP contribution < -0.4 is 0 Å². The molecule has 0 aromatic heterocycles. The zero-order valence-electron chi connectivity index (χ0n) is 10.8. The molecule has 1 aliphatic heterocycles. The van der Waals surface area contributed by atoms with Crippen LogP contribution >= 0.6 is 15.9 Å². The maximum Gasteiger partial charge on any atom is 0.154 e. The normalized spacial score (nSPS) is 24.7. The summed E-state index contributed by atoms with van der Waals surface area (Å²) in [6.07, 6.45) is 2.59. The molecule has 0 radical (unpaired) electrons. The van der Waals surface area contributed by atoms with Crippen LogP contribution in [0.3, 0.4) is 0 Å². The minimum Gasteiger partial charge on any atom is -0.228 e. The predicted octanol–water partition coefficient (Wildman–Crippen LogP) is 3.71. The fourth-order valence-corrected chi connectivity index (χ4v) is 6.35. The standard InChI is InChI=1S/C14H19BrO2S/c1-10-6-7-12(11(2)9-10)14(15)13-5-3-4-8-18(13,16)17/h6-7,9,13-14H,3-5,8H2,1-2H3. The second kappa shape index (κ2) is 5.33. The van der Waals surface area contributed by atoms with Crippen LogP contribution in [0.15, 0.2) is 18.2 Å². The van der Waals surface area contributed by atoms with E-state index >= 15 is 0 Å². The molecule has 4 heteroatoms. The lowest BCUT2D eigenvalue weighted by Gasteiger charge is -2.27. The van der Waals surface area contributed by atoms with Crippen molar-refractivity contribution in [3.05, 3.63) is 34.9 Å². The van der Waals surface area contributed by atoms with Crippen molar-refractivity contribution >= 4 is 25.8 Å². The Morgan fingerprint density at radius 1 is 1.28 bits per heavy atom. The Kier molecular flexibility index (Phi) is 4.17. The molecular weight excluding hydrogens is 312 g/mol. The van der Waals surface area contributed by atoms with E-state index in [9.17, 15) is 8.42 Å². The second-order valence-corrected chi connectivity index (χ2v) is 8.49. The highest BCUT2D eigenvalue weighted by Crippen LogP contribution is 2.38. The number of aryl methyl sites for hydroxylation is 2. The molecule has 0 N–H and O–H groups in total. The third-order valence-electron chi connectivity index (χ3n) is 3.68. The molecule has 1 heterocycles. The van der Waals surface area contributed by atoms with E-state index in [1.54, 1.807) is 0 Å². The van der Waals surface area contributed by atoms with Crippen molar-refractivity contribution in [2.45, 2.75) is 43.2 Å². The number of hydrogen-bond donors (Lipinski definition) is 0. The summed E-state index contributed by atoms with van der Waals surface area (Å²) in [4.78, 5) is -0.0802. The Bertz CT molecular complexity index is 537. The average molecular weight is 331 g/mol. The summed E-state index contributed by atoms with van der Waals surface area (Å²) < 4.78 is 24.3. The van der Waals surface area contributed by atoms with Gasteiger partial charge in [-0.1, -0.05) is 46.1 Å². The summed E-state index contributed by atoms with van der Waals surface area (Å²) in [6, 6.07) is 6.21. The minimum atomic E-state index is -2.94. The molecule has 0 saturated carbocycles. The van der Waals surface area contributed by atoms with Gasteiger partial charge in [-0.05, 0) is 37.8 Å². The fraction of sp³-hybridized carbons (Fsp3) is 0.571. The summed E-state index contributed by atoms with van der Waals surface area (Å²) in [6.45, 7) is 4.10. The zero-order valence-corrected chi connectivity index (χ0v) is 13.2. The van der Waals surface area contributed by atoms with Gasteiger partial charge in [-0.15, -0.1) is 0 Å². The van der Waals surface area contributed by atoms with Gasteiger partial charge in [-0.25, -0.2) is 8.42 Å². The number of halogens is 1. The molecule has 2 unspecified atom stereocenters. The Labute approximate surface area is 118 Å². The van der Waals surface area contributed by atoms with Crippen LogP contribution in [-0.2, 0) is 9.84 Å². The number of hydrogen-bond acceptors (Lipinski definition) is 2. The highest BCUT2D eigenvalue weighted by molar-refractivity contribution is 9.09. The molecule has 1 saturated heterocycles. The SMILES string of the molecule is Cc1ccc(C(Br)C2CCCCS2(=O)=O)c(C)c1. The third-order valence-corrected chi connectivity index (χ3v) is 7.45. The summed E-state index contributed by atoms with van der Waals surface area (Å²) in [5.74, 6) is 0.338. The van der Waals surface area contributed by atoms with Crippen LogP contribution in [0.5, 0.6) is 0 Å². The van der Waals surface area contributed by atoms with E-state index in [2.05, 4.69) is 28.9 Å². The lowest BCUT2D eigenvalue weighted by atomic mass is 9.99. The number of benzene rings is 1. The van der Waals surface area contributed by atoms with E-state index in [0.29, 0.717) is 5.75 Å². The quantitative estimate of drug-likeness (QED) is 0.774. The third kappa shape index (κ3) is 2.80. The highest BCUT2D eigenvalue weighted by atomic mass is 79.9. The summed E-state index contributed by atoms with van der Waals surface area (Å²) in [5, 5.41) is -0.271. The number of alkyl halides is 1. The molecule has 1 aromatic carbocycles. The van der Waals surface area contributed by atoms with Crippen molar-refractivity contribution in [1.82, 2.24) is 0 Å². The summed E-state index contributed by atoms with van der Waals surface area (Å²) in [7, 11) is -2.94. The van der Waals surface area contributed by atoms with E-state index in [1.807, 2.05) is 19.1 Å². The first-order chi connectivity index (χ1) is 8.42. The number of sulfone groups is 1. The van der Waals surface area contributed by atoms with Crippen LogP contribution in [0.25, 0.3) is 0 Å². The molecule has 2 atom stereocenters. The van der Waals surface area contributed by atoms with Gasteiger partial charge in [0.25, 0.3) is 0 Å². The first kappa shape index (κ1) is 14.1. The molecule has 1 aliphatic rings. The first-order valence-electron chi connectivity index (χ1n) is 6.34. The lowest BCUT2D eigenvalue weighted by molar-refractivity contribution is 0.536. The molecule has 0 aliphatic carbocycles. The van der Waals surface area contributed by atoms with Gasteiger partial charge >= 0.3 is 0 Å². The van der Waals surface area contributed by atoms with Crippen LogP contribution in [0.1, 0.15) is 40.8 Å². The minimum absolute atomic E-state index is 0.0802. The van der Waals surface area contributed by atoms with Crippen molar-refractivity contribution in [1.29, 1.82) is 0 Å². The maximum atomic E-state index is 12.1. The van der Waals surface area contributed by atoms with Crippen molar-refractivity contribution in [3.63, 3.8) is 0 Å². The Morgan fingerprint density at radius 3 is 2.61 bits per heavy atom. The van der Waals surface area contributed by atoms with Gasteiger partial charge in [0, 0.05) is 0 Å². The van der Waals surface area contributed by atoms with Crippen LogP contribution in [0, 0.1) is 13.8 Å². The zero-order chi connectivity index (χ0) is 13.3. The maximum absolute atomic E-state index is 12.1. The van der Waals surface area contributed by atoms with Crippen molar-refractivity contribution in [2.75, 3.05) is 5.75 Å². The predicted molar refractivity (Wildman–Crippen MR) is 79.0 cm³/mol. The lowest BCUT2D eigenvalue weighted by Crippen LogP contribution is -2.31. The van der Waals surface area contributed by atoms with E-state index in [0.717, 1.165) is 30.4 Å². The molecule has 2 rings (SSSR count). The monoisotopic (exact) mass is 330 g/mol. The van der Waals surface area contributed by atoms with E-state index < -0.39 is 9.84 Å². The Hall–Kier alpha value is -0.350. The Balaban J connectivity index is 2.33. The molecule has 0 spiro atoms. The first-order valence-corrected chi connectivity index (χ1v) is 8.98. The average Bonchev–Trinajstić information content (AvgIpc) is 2.27. The number of rotatable bonds is 2. The van der Waals surface area contributed by atoms with Crippen molar-refractivity contribution in [3.8, 4) is 0 Å². The van der Waals surface area contributed by atoms with Crippen LogP contribution in [0.2, 0.25) is 0 Å². The van der Waals surface area contributed by atoms with E-state index in [-0.39, 0.29) is 10.1 Å². The van der Waals surface area contributed by atoms with Crippen LogP contribution in [0.4, 0.5) is 0 Å². The topological polar surface area (TPSA) is 34.1 Å². The highest BCUT2D eigenvalue weighted by Gasteiger charge is 2.35. The molecule has 0 amide bonds. The smallest absolute Gasteiger partial charge is 0.154 e. The molecule has 0 bridgehead atoms.